The molecule has 0 radical (unpaired) electrons. The summed E-state index contributed by atoms with van der Waals surface area (Å²) >= 11 is 0. The highest BCUT2D eigenvalue weighted by Gasteiger charge is 2.12. The van der Waals surface area contributed by atoms with E-state index in [2.05, 4.69) is 15.6 Å². The highest BCUT2D eigenvalue weighted by molar-refractivity contribution is 6.03. The molecule has 7 heteroatoms. The van der Waals surface area contributed by atoms with Crippen LogP contribution in [-0.2, 0) is 6.54 Å². The van der Waals surface area contributed by atoms with Crippen LogP contribution in [0.3, 0.4) is 0 Å². The third kappa shape index (κ3) is 4.95. The van der Waals surface area contributed by atoms with Gasteiger partial charge in [0.15, 0.2) is 0 Å². The molecule has 1 amide bonds. The molecule has 1 heterocycles. The smallest absolute Gasteiger partial charge is 0.274 e. The maximum atomic E-state index is 12.5. The first-order valence-corrected chi connectivity index (χ1v) is 8.99. The molecule has 3 rings (SSSR count). The average molecular weight is 393 g/mol. The minimum atomic E-state index is -0.340. The molecule has 0 aliphatic rings. The molecule has 2 aromatic carbocycles. The molecule has 0 aliphatic heterocycles. The second-order valence-corrected chi connectivity index (χ2v) is 6.12. The van der Waals surface area contributed by atoms with E-state index in [0.29, 0.717) is 23.7 Å². The van der Waals surface area contributed by atoms with Crippen molar-refractivity contribution in [3.8, 4) is 17.2 Å². The minimum Gasteiger partial charge on any atom is -0.497 e. The zero-order valence-corrected chi connectivity index (χ0v) is 16.6. The van der Waals surface area contributed by atoms with Gasteiger partial charge in [0, 0.05) is 18.2 Å². The summed E-state index contributed by atoms with van der Waals surface area (Å²) in [4.78, 5) is 16.8. The van der Waals surface area contributed by atoms with Gasteiger partial charge < -0.3 is 24.8 Å². The van der Waals surface area contributed by atoms with Crippen molar-refractivity contribution >= 4 is 17.3 Å². The van der Waals surface area contributed by atoms with Crippen molar-refractivity contribution in [2.75, 3.05) is 32.0 Å². The van der Waals surface area contributed by atoms with Crippen molar-refractivity contribution in [2.45, 2.75) is 6.54 Å². The van der Waals surface area contributed by atoms with Gasteiger partial charge in [-0.1, -0.05) is 18.2 Å². The Morgan fingerprint density at radius 2 is 1.72 bits per heavy atom. The number of methoxy groups -OCH3 is 3. The maximum absolute atomic E-state index is 12.5. The lowest BCUT2D eigenvalue weighted by Gasteiger charge is -2.12. The summed E-state index contributed by atoms with van der Waals surface area (Å²) in [6, 6.07) is 16.4. The largest absolute Gasteiger partial charge is 0.497 e. The van der Waals surface area contributed by atoms with E-state index in [1.54, 1.807) is 50.7 Å². The summed E-state index contributed by atoms with van der Waals surface area (Å²) in [5, 5.41) is 6.08. The van der Waals surface area contributed by atoms with E-state index >= 15 is 0 Å². The van der Waals surface area contributed by atoms with E-state index in [1.165, 1.54) is 7.11 Å². The van der Waals surface area contributed by atoms with E-state index < -0.39 is 0 Å². The third-order valence-corrected chi connectivity index (χ3v) is 4.33. The SMILES string of the molecule is COc1ccc(OC)c(NC(=O)c2ccc(NCc3ccccc3OC)cn2)c1. The van der Waals surface area contributed by atoms with Crippen LogP contribution in [0.5, 0.6) is 17.2 Å². The molecular formula is C22H23N3O4. The van der Waals surface area contributed by atoms with Gasteiger partial charge in [-0.2, -0.15) is 0 Å². The Bertz CT molecular complexity index is 974. The molecule has 0 fully saturated rings. The number of amides is 1. The number of aromatic nitrogens is 1. The number of ether oxygens (including phenoxy) is 3. The number of hydrogen-bond donors (Lipinski definition) is 2. The number of hydrogen-bond acceptors (Lipinski definition) is 6. The van der Waals surface area contributed by atoms with Gasteiger partial charge >= 0.3 is 0 Å². The first-order valence-electron chi connectivity index (χ1n) is 8.99. The molecule has 0 saturated heterocycles. The zero-order chi connectivity index (χ0) is 20.6. The number of pyridine rings is 1. The lowest BCUT2D eigenvalue weighted by Crippen LogP contribution is -2.14. The second-order valence-electron chi connectivity index (χ2n) is 6.12. The Balaban J connectivity index is 1.66. The van der Waals surface area contributed by atoms with Crippen molar-refractivity contribution in [3.63, 3.8) is 0 Å². The Morgan fingerprint density at radius 3 is 2.41 bits per heavy atom. The highest BCUT2D eigenvalue weighted by atomic mass is 16.5. The van der Waals surface area contributed by atoms with Gasteiger partial charge in [-0.25, -0.2) is 4.98 Å². The number of nitrogens with one attached hydrogen (secondary N) is 2. The van der Waals surface area contributed by atoms with Gasteiger partial charge in [0.2, 0.25) is 0 Å². The molecule has 29 heavy (non-hydrogen) atoms. The topological polar surface area (TPSA) is 81.7 Å². The Morgan fingerprint density at radius 1 is 0.931 bits per heavy atom. The second kappa shape index (κ2) is 9.45. The fourth-order valence-corrected chi connectivity index (χ4v) is 2.78. The molecule has 0 saturated carbocycles. The monoisotopic (exact) mass is 393 g/mol. The van der Waals surface area contributed by atoms with Crippen LogP contribution >= 0.6 is 0 Å². The van der Waals surface area contributed by atoms with Gasteiger partial charge in [-0.3, -0.25) is 4.79 Å². The predicted molar refractivity (Wildman–Crippen MR) is 112 cm³/mol. The van der Waals surface area contributed by atoms with Crippen LogP contribution in [0.4, 0.5) is 11.4 Å². The number of carbonyl (C=O) groups is 1. The number of rotatable bonds is 8. The molecule has 0 unspecified atom stereocenters. The van der Waals surface area contributed by atoms with Crippen molar-refractivity contribution < 1.29 is 19.0 Å². The number of para-hydroxylation sites is 1. The molecule has 3 aromatic rings. The third-order valence-electron chi connectivity index (χ3n) is 4.33. The van der Waals surface area contributed by atoms with Gasteiger partial charge in [0.05, 0.1) is 38.9 Å². The fourth-order valence-electron chi connectivity index (χ4n) is 2.78. The molecule has 2 N–H and O–H groups in total. The van der Waals surface area contributed by atoms with Crippen LogP contribution in [-0.4, -0.2) is 32.2 Å². The average Bonchev–Trinajstić information content (AvgIpc) is 2.78. The molecule has 7 nitrogen and oxygen atoms in total. The quantitative estimate of drug-likeness (QED) is 0.603. The van der Waals surface area contributed by atoms with Crippen molar-refractivity contribution in [3.05, 3.63) is 72.1 Å². The van der Waals surface area contributed by atoms with Gasteiger partial charge in [-0.05, 0) is 30.3 Å². The van der Waals surface area contributed by atoms with Crippen LogP contribution in [0, 0.1) is 0 Å². The summed E-state index contributed by atoms with van der Waals surface area (Å²) < 4.78 is 15.8. The number of anilines is 2. The van der Waals surface area contributed by atoms with Crippen LogP contribution < -0.4 is 24.8 Å². The first-order chi connectivity index (χ1) is 14.1. The molecule has 0 bridgehead atoms. The van der Waals surface area contributed by atoms with Crippen LogP contribution in [0.25, 0.3) is 0 Å². The minimum absolute atomic E-state index is 0.290. The van der Waals surface area contributed by atoms with E-state index in [9.17, 15) is 4.79 Å². The van der Waals surface area contributed by atoms with E-state index in [0.717, 1.165) is 17.0 Å². The summed E-state index contributed by atoms with van der Waals surface area (Å²) in [7, 11) is 4.74. The fraction of sp³-hybridized carbons (Fsp3) is 0.182. The lowest BCUT2D eigenvalue weighted by atomic mass is 10.2. The summed E-state index contributed by atoms with van der Waals surface area (Å²) in [5.41, 5.74) is 2.63. The van der Waals surface area contributed by atoms with Crippen molar-refractivity contribution in [1.29, 1.82) is 0 Å². The Labute approximate surface area is 169 Å². The van der Waals surface area contributed by atoms with Crippen LogP contribution in [0.2, 0.25) is 0 Å². The highest BCUT2D eigenvalue weighted by Crippen LogP contribution is 2.29. The summed E-state index contributed by atoms with van der Waals surface area (Å²) in [6.45, 7) is 0.582. The van der Waals surface area contributed by atoms with Crippen LogP contribution in [0.1, 0.15) is 16.1 Å². The molecule has 0 aliphatic carbocycles. The van der Waals surface area contributed by atoms with Crippen LogP contribution in [0.15, 0.2) is 60.8 Å². The Kier molecular flexibility index (Phi) is 6.52. The zero-order valence-electron chi connectivity index (χ0n) is 16.6. The lowest BCUT2D eigenvalue weighted by molar-refractivity contribution is 0.102. The van der Waals surface area contributed by atoms with Gasteiger partial charge in [0.1, 0.15) is 22.9 Å². The van der Waals surface area contributed by atoms with Crippen molar-refractivity contribution in [2.24, 2.45) is 0 Å². The molecule has 0 spiro atoms. The molecular weight excluding hydrogens is 370 g/mol. The summed E-state index contributed by atoms with van der Waals surface area (Å²) in [5.74, 6) is 1.63. The van der Waals surface area contributed by atoms with E-state index in [1.807, 2.05) is 24.3 Å². The van der Waals surface area contributed by atoms with Gasteiger partial charge in [-0.15, -0.1) is 0 Å². The number of carbonyl (C=O) groups excluding carboxylic acids is 1. The first kappa shape index (κ1) is 20.0. The van der Waals surface area contributed by atoms with Gasteiger partial charge in [0.25, 0.3) is 5.91 Å². The maximum Gasteiger partial charge on any atom is 0.274 e. The number of benzene rings is 2. The molecule has 150 valence electrons. The van der Waals surface area contributed by atoms with E-state index in [-0.39, 0.29) is 11.6 Å². The summed E-state index contributed by atoms with van der Waals surface area (Å²) in [6.07, 6.45) is 1.62. The predicted octanol–water partition coefficient (Wildman–Crippen LogP) is 3.97. The van der Waals surface area contributed by atoms with E-state index in [4.69, 9.17) is 14.2 Å². The molecule has 1 aromatic heterocycles. The number of nitrogens with zero attached hydrogens (tertiary/aromatic N) is 1. The van der Waals surface area contributed by atoms with Crippen molar-refractivity contribution in [1.82, 2.24) is 4.98 Å². The normalized spacial score (nSPS) is 10.2. The Hall–Kier alpha value is -3.74. The molecule has 0 atom stereocenters. The standard InChI is InChI=1S/C22H23N3O4/c1-27-17-9-11-21(29-3)19(12-17)25-22(26)18-10-8-16(14-24-18)23-13-15-6-4-5-7-20(15)28-2/h4-12,14,23H,13H2,1-3H3,(H,25,26).